The first-order valence-corrected chi connectivity index (χ1v) is 8.39. The van der Waals surface area contributed by atoms with Gasteiger partial charge >= 0.3 is 0 Å². The molecule has 0 aliphatic carbocycles. The average Bonchev–Trinajstić information content (AvgIpc) is 2.50. The van der Waals surface area contributed by atoms with Crippen molar-refractivity contribution in [1.82, 2.24) is 19.8 Å². The van der Waals surface area contributed by atoms with Gasteiger partial charge in [0.15, 0.2) is 0 Å². The molecule has 1 saturated heterocycles. The lowest BCUT2D eigenvalue weighted by Crippen LogP contribution is -2.53. The van der Waals surface area contributed by atoms with E-state index in [1.165, 1.54) is 0 Å². The molecular weight excluding hydrogens is 288 g/mol. The first-order chi connectivity index (χ1) is 11.0. The number of aryl methyl sites for hydroxylation is 1. The number of aromatic nitrogens is 2. The standard InChI is InChI=1S/C18H26N4O/c1-13-10-21(8-9-22(13)11-14(2)23)12-18-15(3)19-16-6-4-5-7-17(16)20-18/h4-7,13-14,23H,8-12H2,1-3H3/t13-,14+/m1/s1. The van der Waals surface area contributed by atoms with Gasteiger partial charge in [0, 0.05) is 38.8 Å². The normalized spacial score (nSPS) is 21.7. The molecule has 1 aliphatic heterocycles. The fraction of sp³-hybridized carbons (Fsp3) is 0.556. The number of aliphatic hydroxyl groups is 1. The Morgan fingerprint density at radius 1 is 1.22 bits per heavy atom. The number of hydrogen-bond donors (Lipinski definition) is 1. The van der Waals surface area contributed by atoms with Gasteiger partial charge in [0.2, 0.25) is 0 Å². The quantitative estimate of drug-likeness (QED) is 0.933. The summed E-state index contributed by atoms with van der Waals surface area (Å²) >= 11 is 0. The molecule has 5 heteroatoms. The number of rotatable bonds is 4. The van der Waals surface area contributed by atoms with Crippen LogP contribution in [0.25, 0.3) is 11.0 Å². The molecule has 3 rings (SSSR count). The fourth-order valence-electron chi connectivity index (χ4n) is 3.31. The van der Waals surface area contributed by atoms with E-state index < -0.39 is 0 Å². The van der Waals surface area contributed by atoms with Crippen LogP contribution in [0, 0.1) is 6.92 Å². The van der Waals surface area contributed by atoms with E-state index in [9.17, 15) is 5.11 Å². The number of benzene rings is 1. The predicted molar refractivity (Wildman–Crippen MR) is 92.3 cm³/mol. The lowest BCUT2D eigenvalue weighted by Gasteiger charge is -2.40. The van der Waals surface area contributed by atoms with Crippen LogP contribution in [-0.2, 0) is 6.54 Å². The molecule has 1 aliphatic rings. The van der Waals surface area contributed by atoms with E-state index in [-0.39, 0.29) is 6.10 Å². The molecule has 1 N–H and O–H groups in total. The van der Waals surface area contributed by atoms with Crippen molar-refractivity contribution in [3.63, 3.8) is 0 Å². The number of piperazine rings is 1. The molecule has 2 aromatic rings. The zero-order valence-corrected chi connectivity index (χ0v) is 14.2. The molecule has 0 amide bonds. The van der Waals surface area contributed by atoms with Crippen LogP contribution >= 0.6 is 0 Å². The molecule has 2 atom stereocenters. The second kappa shape index (κ2) is 6.91. The Bertz CT molecular complexity index is 673. The maximum Gasteiger partial charge on any atom is 0.0890 e. The largest absolute Gasteiger partial charge is 0.392 e. The molecule has 1 fully saturated rings. The molecule has 5 nitrogen and oxygen atoms in total. The van der Waals surface area contributed by atoms with Gasteiger partial charge in [-0.3, -0.25) is 9.80 Å². The van der Waals surface area contributed by atoms with Crippen molar-refractivity contribution in [1.29, 1.82) is 0 Å². The third-order valence-electron chi connectivity index (χ3n) is 4.56. The summed E-state index contributed by atoms with van der Waals surface area (Å²) in [6.07, 6.45) is -0.266. The van der Waals surface area contributed by atoms with Gasteiger partial charge in [-0.25, -0.2) is 9.97 Å². The van der Waals surface area contributed by atoms with E-state index in [2.05, 4.69) is 21.7 Å². The van der Waals surface area contributed by atoms with Crippen molar-refractivity contribution < 1.29 is 5.11 Å². The highest BCUT2D eigenvalue weighted by Gasteiger charge is 2.25. The van der Waals surface area contributed by atoms with Gasteiger partial charge in [-0.1, -0.05) is 12.1 Å². The Morgan fingerprint density at radius 2 is 1.91 bits per heavy atom. The van der Waals surface area contributed by atoms with E-state index in [4.69, 9.17) is 4.98 Å². The lowest BCUT2D eigenvalue weighted by atomic mass is 10.1. The summed E-state index contributed by atoms with van der Waals surface area (Å²) in [4.78, 5) is 14.3. The number of β-amino-alcohol motifs (C(OH)–C–C–N with tert-alkyl or cyclic N) is 1. The summed E-state index contributed by atoms with van der Waals surface area (Å²) < 4.78 is 0. The first kappa shape index (κ1) is 16.3. The van der Waals surface area contributed by atoms with Crippen molar-refractivity contribution in [3.8, 4) is 0 Å². The van der Waals surface area contributed by atoms with E-state index in [0.717, 1.165) is 55.1 Å². The minimum Gasteiger partial charge on any atom is -0.392 e. The van der Waals surface area contributed by atoms with Gasteiger partial charge in [-0.2, -0.15) is 0 Å². The Balaban J connectivity index is 1.69. The number of para-hydroxylation sites is 2. The highest BCUT2D eigenvalue weighted by Crippen LogP contribution is 2.16. The summed E-state index contributed by atoms with van der Waals surface area (Å²) in [5.74, 6) is 0. The van der Waals surface area contributed by atoms with Gasteiger partial charge in [0.25, 0.3) is 0 Å². The van der Waals surface area contributed by atoms with Crippen molar-refractivity contribution in [2.45, 2.75) is 39.5 Å². The maximum atomic E-state index is 9.59. The van der Waals surface area contributed by atoms with Crippen LogP contribution in [0.4, 0.5) is 0 Å². The van der Waals surface area contributed by atoms with Gasteiger partial charge in [0.1, 0.15) is 0 Å². The number of aliphatic hydroxyl groups excluding tert-OH is 1. The monoisotopic (exact) mass is 314 g/mol. The van der Waals surface area contributed by atoms with Crippen LogP contribution < -0.4 is 0 Å². The Morgan fingerprint density at radius 3 is 2.57 bits per heavy atom. The highest BCUT2D eigenvalue weighted by atomic mass is 16.3. The second-order valence-corrected chi connectivity index (χ2v) is 6.67. The molecule has 2 heterocycles. The van der Waals surface area contributed by atoms with Crippen LogP contribution in [0.3, 0.4) is 0 Å². The summed E-state index contributed by atoms with van der Waals surface area (Å²) in [6.45, 7) is 10.7. The van der Waals surface area contributed by atoms with Crippen LogP contribution in [-0.4, -0.2) is 63.2 Å². The number of nitrogens with zero attached hydrogens (tertiary/aromatic N) is 4. The lowest BCUT2D eigenvalue weighted by molar-refractivity contribution is 0.0418. The minimum atomic E-state index is -0.266. The topological polar surface area (TPSA) is 52.5 Å². The second-order valence-electron chi connectivity index (χ2n) is 6.67. The van der Waals surface area contributed by atoms with Gasteiger partial charge in [-0.15, -0.1) is 0 Å². The molecule has 0 unspecified atom stereocenters. The number of fused-ring (bicyclic) bond motifs is 1. The zero-order chi connectivity index (χ0) is 16.4. The van der Waals surface area contributed by atoms with E-state index in [1.54, 1.807) is 0 Å². The minimum absolute atomic E-state index is 0.266. The van der Waals surface area contributed by atoms with Crippen molar-refractivity contribution in [3.05, 3.63) is 35.7 Å². The maximum absolute atomic E-state index is 9.59. The molecule has 0 spiro atoms. The van der Waals surface area contributed by atoms with E-state index >= 15 is 0 Å². The average molecular weight is 314 g/mol. The van der Waals surface area contributed by atoms with Crippen molar-refractivity contribution in [2.24, 2.45) is 0 Å². The van der Waals surface area contributed by atoms with Gasteiger partial charge < -0.3 is 5.11 Å². The van der Waals surface area contributed by atoms with Gasteiger partial charge in [0.05, 0.1) is 28.5 Å². The summed E-state index contributed by atoms with van der Waals surface area (Å²) in [7, 11) is 0. The smallest absolute Gasteiger partial charge is 0.0890 e. The molecule has 1 aromatic heterocycles. The fourth-order valence-corrected chi connectivity index (χ4v) is 3.31. The van der Waals surface area contributed by atoms with E-state index in [0.29, 0.717) is 6.04 Å². The Labute approximate surface area is 138 Å². The van der Waals surface area contributed by atoms with E-state index in [1.807, 2.05) is 38.1 Å². The van der Waals surface area contributed by atoms with Crippen LogP contribution in [0.1, 0.15) is 25.2 Å². The molecule has 23 heavy (non-hydrogen) atoms. The molecular formula is C18H26N4O. The molecule has 0 saturated carbocycles. The first-order valence-electron chi connectivity index (χ1n) is 8.39. The highest BCUT2D eigenvalue weighted by molar-refractivity contribution is 5.74. The Hall–Kier alpha value is -1.56. The summed E-state index contributed by atoms with van der Waals surface area (Å²) in [5.41, 5.74) is 4.01. The third-order valence-corrected chi connectivity index (χ3v) is 4.56. The molecule has 0 radical (unpaired) electrons. The summed E-state index contributed by atoms with van der Waals surface area (Å²) in [6, 6.07) is 8.49. The number of hydrogen-bond acceptors (Lipinski definition) is 5. The summed E-state index contributed by atoms with van der Waals surface area (Å²) in [5, 5.41) is 9.59. The van der Waals surface area contributed by atoms with Crippen molar-refractivity contribution in [2.75, 3.05) is 26.2 Å². The Kier molecular flexibility index (Phi) is 4.90. The molecule has 124 valence electrons. The van der Waals surface area contributed by atoms with Gasteiger partial charge in [-0.05, 0) is 32.9 Å². The zero-order valence-electron chi connectivity index (χ0n) is 14.2. The van der Waals surface area contributed by atoms with Crippen LogP contribution in [0.2, 0.25) is 0 Å². The third kappa shape index (κ3) is 3.86. The van der Waals surface area contributed by atoms with Crippen LogP contribution in [0.5, 0.6) is 0 Å². The van der Waals surface area contributed by atoms with Crippen LogP contribution in [0.15, 0.2) is 24.3 Å². The predicted octanol–water partition coefficient (Wildman–Crippen LogP) is 1.83. The molecule has 1 aromatic carbocycles. The van der Waals surface area contributed by atoms with Crippen molar-refractivity contribution >= 4 is 11.0 Å². The SMILES string of the molecule is Cc1nc2ccccc2nc1CN1CCN(C[C@H](C)O)[C@H](C)C1. The molecule has 0 bridgehead atoms.